The van der Waals surface area contributed by atoms with Gasteiger partial charge < -0.3 is 15.0 Å². The SMILES string of the molecule is COc1cccc2[nH]c(C(=O)C[C@@H](CC(C)C)C(=O)N[C@H](C#N)Cc3cccnc3)cc12. The highest BCUT2D eigenvalue weighted by atomic mass is 16.5. The van der Waals surface area contributed by atoms with Crippen LogP contribution in [0.4, 0.5) is 0 Å². The maximum atomic E-state index is 13.0. The van der Waals surface area contributed by atoms with Gasteiger partial charge in [0, 0.05) is 42.1 Å². The summed E-state index contributed by atoms with van der Waals surface area (Å²) in [5, 5.41) is 13.2. The van der Waals surface area contributed by atoms with Crippen molar-refractivity contribution >= 4 is 22.6 Å². The van der Waals surface area contributed by atoms with Gasteiger partial charge in [-0.2, -0.15) is 5.26 Å². The largest absolute Gasteiger partial charge is 0.496 e. The van der Waals surface area contributed by atoms with E-state index in [1.165, 1.54) is 0 Å². The molecular formula is C25H28N4O3. The van der Waals surface area contributed by atoms with Crippen LogP contribution in [0.3, 0.4) is 0 Å². The molecule has 0 aliphatic rings. The summed E-state index contributed by atoms with van der Waals surface area (Å²) in [4.78, 5) is 33.2. The van der Waals surface area contributed by atoms with Gasteiger partial charge in [0.15, 0.2) is 5.78 Å². The first-order valence-electron chi connectivity index (χ1n) is 10.7. The molecule has 2 heterocycles. The Hall–Kier alpha value is -3.66. The quantitative estimate of drug-likeness (QED) is 0.470. The average Bonchev–Trinajstić information content (AvgIpc) is 3.23. The Bertz CT molecular complexity index is 1120. The number of ketones is 1. The van der Waals surface area contributed by atoms with Crippen LogP contribution in [0.1, 0.15) is 42.7 Å². The van der Waals surface area contributed by atoms with Crippen LogP contribution in [0.15, 0.2) is 48.8 Å². The van der Waals surface area contributed by atoms with Crippen LogP contribution in [0.5, 0.6) is 5.75 Å². The lowest BCUT2D eigenvalue weighted by Gasteiger charge is -2.20. The number of pyridine rings is 1. The lowest BCUT2D eigenvalue weighted by Crippen LogP contribution is -2.40. The fourth-order valence-corrected chi connectivity index (χ4v) is 3.81. The van der Waals surface area contributed by atoms with Gasteiger partial charge in [-0.1, -0.05) is 26.0 Å². The van der Waals surface area contributed by atoms with Crippen molar-refractivity contribution in [3.63, 3.8) is 0 Å². The third-order valence-corrected chi connectivity index (χ3v) is 5.34. The first-order chi connectivity index (χ1) is 15.4. The minimum absolute atomic E-state index is 0.0597. The van der Waals surface area contributed by atoms with Gasteiger partial charge in [0.2, 0.25) is 5.91 Å². The highest BCUT2D eigenvalue weighted by Crippen LogP contribution is 2.27. The molecule has 3 aromatic rings. The summed E-state index contributed by atoms with van der Waals surface area (Å²) in [5.74, 6) is -0.0525. The summed E-state index contributed by atoms with van der Waals surface area (Å²) in [7, 11) is 1.59. The first-order valence-corrected chi connectivity index (χ1v) is 10.7. The van der Waals surface area contributed by atoms with E-state index in [2.05, 4.69) is 21.4 Å². The predicted octanol–water partition coefficient (Wildman–Crippen LogP) is 4.06. The zero-order chi connectivity index (χ0) is 23.1. The number of carbonyl (C=O) groups is 2. The molecule has 0 radical (unpaired) electrons. The van der Waals surface area contributed by atoms with Crippen LogP contribution in [-0.2, 0) is 11.2 Å². The van der Waals surface area contributed by atoms with E-state index in [0.29, 0.717) is 24.3 Å². The molecule has 7 nitrogen and oxygen atoms in total. The van der Waals surface area contributed by atoms with E-state index in [-0.39, 0.29) is 24.0 Å². The van der Waals surface area contributed by atoms with Gasteiger partial charge in [0.1, 0.15) is 11.8 Å². The molecule has 0 aliphatic carbocycles. The Morgan fingerprint density at radius 3 is 2.72 bits per heavy atom. The fraction of sp³-hybridized carbons (Fsp3) is 0.360. The minimum atomic E-state index is -0.686. The van der Waals surface area contributed by atoms with Crippen molar-refractivity contribution < 1.29 is 14.3 Å². The number of ether oxygens (including phenoxy) is 1. The number of aromatic amines is 1. The van der Waals surface area contributed by atoms with E-state index < -0.39 is 12.0 Å². The van der Waals surface area contributed by atoms with Gasteiger partial charge in [-0.25, -0.2) is 0 Å². The third-order valence-electron chi connectivity index (χ3n) is 5.34. The number of amides is 1. The Balaban J connectivity index is 1.73. The molecule has 3 rings (SSSR count). The first kappa shape index (κ1) is 23.0. The molecule has 7 heteroatoms. The molecule has 1 aromatic carbocycles. The summed E-state index contributed by atoms with van der Waals surface area (Å²) in [6.45, 7) is 4.02. The Morgan fingerprint density at radius 2 is 2.06 bits per heavy atom. The maximum absolute atomic E-state index is 13.0. The maximum Gasteiger partial charge on any atom is 0.224 e. The number of hydrogen-bond acceptors (Lipinski definition) is 5. The predicted molar refractivity (Wildman–Crippen MR) is 122 cm³/mol. The monoisotopic (exact) mass is 432 g/mol. The number of fused-ring (bicyclic) bond motifs is 1. The summed E-state index contributed by atoms with van der Waals surface area (Å²) in [6, 6.07) is 12.4. The second-order valence-corrected chi connectivity index (χ2v) is 8.31. The molecule has 2 aromatic heterocycles. The summed E-state index contributed by atoms with van der Waals surface area (Å²) < 4.78 is 5.37. The van der Waals surface area contributed by atoms with E-state index in [4.69, 9.17) is 4.74 Å². The molecule has 32 heavy (non-hydrogen) atoms. The summed E-state index contributed by atoms with van der Waals surface area (Å²) in [5.41, 5.74) is 2.11. The number of benzene rings is 1. The van der Waals surface area contributed by atoms with Crippen molar-refractivity contribution in [3.8, 4) is 11.8 Å². The number of H-pyrrole nitrogens is 1. The van der Waals surface area contributed by atoms with Gasteiger partial charge in [-0.3, -0.25) is 14.6 Å². The van der Waals surface area contributed by atoms with Crippen molar-refractivity contribution in [1.29, 1.82) is 5.26 Å². The number of Topliss-reactive ketones (excluding diaryl/α,β-unsaturated/α-hetero) is 1. The highest BCUT2D eigenvalue weighted by Gasteiger charge is 2.26. The number of nitrogens with zero attached hydrogens (tertiary/aromatic N) is 2. The van der Waals surface area contributed by atoms with E-state index in [1.807, 2.05) is 38.1 Å². The lowest BCUT2D eigenvalue weighted by molar-refractivity contribution is -0.125. The van der Waals surface area contributed by atoms with Crippen LogP contribution in [0, 0.1) is 23.2 Å². The summed E-state index contributed by atoms with van der Waals surface area (Å²) >= 11 is 0. The Labute approximate surface area is 187 Å². The van der Waals surface area contributed by atoms with Gasteiger partial charge in [-0.15, -0.1) is 0 Å². The van der Waals surface area contributed by atoms with Crippen LogP contribution in [0.25, 0.3) is 10.9 Å². The smallest absolute Gasteiger partial charge is 0.224 e. The highest BCUT2D eigenvalue weighted by molar-refractivity contribution is 6.02. The lowest BCUT2D eigenvalue weighted by atomic mass is 9.90. The second kappa shape index (κ2) is 10.6. The number of nitrogens with one attached hydrogen (secondary N) is 2. The molecule has 166 valence electrons. The molecule has 0 saturated heterocycles. The number of methoxy groups -OCH3 is 1. The molecule has 2 N–H and O–H groups in total. The topological polar surface area (TPSA) is 108 Å². The van der Waals surface area contributed by atoms with Crippen LogP contribution in [0.2, 0.25) is 0 Å². The molecule has 1 amide bonds. The molecule has 0 unspecified atom stereocenters. The Kier molecular flexibility index (Phi) is 7.61. The zero-order valence-electron chi connectivity index (χ0n) is 18.6. The van der Waals surface area contributed by atoms with Crippen molar-refractivity contribution in [2.75, 3.05) is 7.11 Å². The zero-order valence-corrected chi connectivity index (χ0v) is 18.6. The average molecular weight is 433 g/mol. The van der Waals surface area contributed by atoms with E-state index in [1.54, 1.807) is 31.6 Å². The number of carbonyl (C=O) groups excluding carboxylic acids is 2. The number of rotatable bonds is 10. The van der Waals surface area contributed by atoms with Gasteiger partial charge >= 0.3 is 0 Å². The van der Waals surface area contributed by atoms with E-state index in [0.717, 1.165) is 16.5 Å². The molecule has 0 saturated carbocycles. The number of nitriles is 1. The second-order valence-electron chi connectivity index (χ2n) is 8.31. The standard InChI is InChI=1S/C25H28N4O3/c1-16(2)10-18(25(31)28-19(14-26)11-17-6-5-9-27-15-17)12-23(30)22-13-20-21(29-22)7-4-8-24(20)32-3/h4-9,13,15-16,18-19,29H,10-12H2,1-3H3,(H,28,31)/t18-,19+/m1/s1. The van der Waals surface area contributed by atoms with Crippen LogP contribution < -0.4 is 10.1 Å². The van der Waals surface area contributed by atoms with E-state index >= 15 is 0 Å². The van der Waals surface area contributed by atoms with Crippen molar-refractivity contribution in [2.24, 2.45) is 11.8 Å². The van der Waals surface area contributed by atoms with Gasteiger partial charge in [0.25, 0.3) is 0 Å². The van der Waals surface area contributed by atoms with Crippen LogP contribution >= 0.6 is 0 Å². The van der Waals surface area contributed by atoms with Gasteiger partial charge in [-0.05, 0) is 42.2 Å². The molecule has 0 fully saturated rings. The van der Waals surface area contributed by atoms with Crippen LogP contribution in [-0.4, -0.2) is 34.8 Å². The minimum Gasteiger partial charge on any atom is -0.496 e. The number of aromatic nitrogens is 2. The van der Waals surface area contributed by atoms with E-state index in [9.17, 15) is 14.9 Å². The molecule has 2 atom stereocenters. The molecule has 0 aliphatic heterocycles. The molecule has 0 bridgehead atoms. The summed E-state index contributed by atoms with van der Waals surface area (Å²) in [6.07, 6.45) is 4.31. The van der Waals surface area contributed by atoms with Crippen molar-refractivity contribution in [2.45, 2.75) is 39.2 Å². The van der Waals surface area contributed by atoms with Gasteiger partial charge in [0.05, 0.1) is 18.9 Å². The molecular weight excluding hydrogens is 404 g/mol. The molecule has 0 spiro atoms. The third kappa shape index (κ3) is 5.73. The normalized spacial score (nSPS) is 12.8. The van der Waals surface area contributed by atoms with Crippen molar-refractivity contribution in [1.82, 2.24) is 15.3 Å². The number of hydrogen-bond donors (Lipinski definition) is 2. The fourth-order valence-electron chi connectivity index (χ4n) is 3.81. The van der Waals surface area contributed by atoms with Crippen molar-refractivity contribution in [3.05, 3.63) is 60.0 Å². The Morgan fingerprint density at radius 1 is 1.25 bits per heavy atom.